The van der Waals surface area contributed by atoms with Crippen LogP contribution in [0.15, 0.2) is 70.4 Å². The number of benzene rings is 2. The summed E-state index contributed by atoms with van der Waals surface area (Å²) >= 11 is 0. The van der Waals surface area contributed by atoms with E-state index in [1.54, 1.807) is 42.5 Å². The lowest BCUT2D eigenvalue weighted by molar-refractivity contribution is -0.116. The van der Waals surface area contributed by atoms with Gasteiger partial charge in [-0.05, 0) is 48.9 Å². The molecule has 5 rings (SSSR count). The van der Waals surface area contributed by atoms with E-state index in [0.717, 1.165) is 10.1 Å². The molecule has 0 saturated heterocycles. The SMILES string of the molecule is Cc1ccc(NC(=O)Cn2c(=O)n(Cc3ccc4c(c3)OCO4)c(=O)c3ncccc32)cc1. The maximum atomic E-state index is 13.3. The Morgan fingerprint density at radius 3 is 2.64 bits per heavy atom. The summed E-state index contributed by atoms with van der Waals surface area (Å²) in [6.45, 7) is 1.81. The molecule has 166 valence electrons. The molecule has 0 aliphatic carbocycles. The summed E-state index contributed by atoms with van der Waals surface area (Å²) < 4.78 is 13.0. The van der Waals surface area contributed by atoms with E-state index >= 15 is 0 Å². The molecule has 3 heterocycles. The molecule has 4 aromatic rings. The molecule has 0 fully saturated rings. The van der Waals surface area contributed by atoms with Crippen LogP contribution in [0.25, 0.3) is 11.0 Å². The third-order valence-electron chi connectivity index (χ3n) is 5.40. The highest BCUT2D eigenvalue weighted by Gasteiger charge is 2.18. The predicted octanol–water partition coefficient (Wildman–Crippen LogP) is 2.28. The third kappa shape index (κ3) is 3.96. The quantitative estimate of drug-likeness (QED) is 0.507. The Morgan fingerprint density at radius 2 is 1.82 bits per heavy atom. The van der Waals surface area contributed by atoms with Gasteiger partial charge in [-0.1, -0.05) is 23.8 Å². The van der Waals surface area contributed by atoms with Gasteiger partial charge in [-0.25, -0.2) is 9.78 Å². The predicted molar refractivity (Wildman–Crippen MR) is 122 cm³/mol. The second-order valence-corrected chi connectivity index (χ2v) is 7.73. The molecule has 1 aliphatic heterocycles. The van der Waals surface area contributed by atoms with Crippen molar-refractivity contribution < 1.29 is 14.3 Å². The van der Waals surface area contributed by atoms with Crippen molar-refractivity contribution in [3.05, 3.63) is 92.8 Å². The number of hydrogen-bond donors (Lipinski definition) is 1. The van der Waals surface area contributed by atoms with Crippen molar-refractivity contribution in [3.8, 4) is 11.5 Å². The molecule has 0 spiro atoms. The second kappa shape index (κ2) is 8.27. The average Bonchev–Trinajstić information content (AvgIpc) is 3.29. The molecule has 0 atom stereocenters. The highest BCUT2D eigenvalue weighted by molar-refractivity contribution is 5.91. The van der Waals surface area contributed by atoms with Crippen LogP contribution < -0.4 is 26.0 Å². The van der Waals surface area contributed by atoms with E-state index in [1.807, 2.05) is 19.1 Å². The van der Waals surface area contributed by atoms with Gasteiger partial charge in [-0.2, -0.15) is 0 Å². The zero-order valence-corrected chi connectivity index (χ0v) is 17.8. The van der Waals surface area contributed by atoms with E-state index in [4.69, 9.17) is 9.47 Å². The van der Waals surface area contributed by atoms with Gasteiger partial charge < -0.3 is 14.8 Å². The second-order valence-electron chi connectivity index (χ2n) is 7.73. The summed E-state index contributed by atoms with van der Waals surface area (Å²) in [6, 6.07) is 15.8. The van der Waals surface area contributed by atoms with E-state index in [9.17, 15) is 14.4 Å². The van der Waals surface area contributed by atoms with Crippen molar-refractivity contribution >= 4 is 22.6 Å². The molecule has 0 radical (unpaired) electrons. The number of pyridine rings is 1. The van der Waals surface area contributed by atoms with Gasteiger partial charge in [0, 0.05) is 11.9 Å². The van der Waals surface area contributed by atoms with Crippen LogP contribution >= 0.6 is 0 Å². The first-order chi connectivity index (χ1) is 16.0. The van der Waals surface area contributed by atoms with Gasteiger partial charge in [-0.3, -0.25) is 18.7 Å². The van der Waals surface area contributed by atoms with Crippen molar-refractivity contribution in [1.82, 2.24) is 14.1 Å². The van der Waals surface area contributed by atoms with Crippen LogP contribution in [0.3, 0.4) is 0 Å². The lowest BCUT2D eigenvalue weighted by Gasteiger charge is -2.14. The highest BCUT2D eigenvalue weighted by atomic mass is 16.7. The molecule has 2 aromatic carbocycles. The molecule has 0 unspecified atom stereocenters. The summed E-state index contributed by atoms with van der Waals surface area (Å²) in [7, 11) is 0. The van der Waals surface area contributed by atoms with Gasteiger partial charge in [0.1, 0.15) is 6.54 Å². The van der Waals surface area contributed by atoms with Crippen molar-refractivity contribution in [2.24, 2.45) is 0 Å². The Morgan fingerprint density at radius 1 is 1.03 bits per heavy atom. The van der Waals surface area contributed by atoms with Crippen molar-refractivity contribution in [2.75, 3.05) is 12.1 Å². The normalized spacial score (nSPS) is 12.2. The number of aromatic nitrogens is 3. The average molecular weight is 444 g/mol. The number of amides is 1. The summed E-state index contributed by atoms with van der Waals surface area (Å²) in [6.07, 6.45) is 1.48. The monoisotopic (exact) mass is 444 g/mol. The molecule has 0 saturated carbocycles. The number of fused-ring (bicyclic) bond motifs is 2. The number of rotatable bonds is 5. The molecular weight excluding hydrogens is 424 g/mol. The van der Waals surface area contributed by atoms with E-state index in [1.165, 1.54) is 10.8 Å². The fraction of sp³-hybridized carbons (Fsp3) is 0.167. The lowest BCUT2D eigenvalue weighted by atomic mass is 10.2. The van der Waals surface area contributed by atoms with Gasteiger partial charge in [0.15, 0.2) is 17.0 Å². The smallest absolute Gasteiger partial charge is 0.332 e. The minimum absolute atomic E-state index is 0.000399. The largest absolute Gasteiger partial charge is 0.454 e. The Labute approximate surface area is 187 Å². The molecule has 9 nitrogen and oxygen atoms in total. The Bertz CT molecular complexity index is 1490. The van der Waals surface area contributed by atoms with Crippen LogP contribution in [0.5, 0.6) is 11.5 Å². The zero-order valence-electron chi connectivity index (χ0n) is 17.8. The van der Waals surface area contributed by atoms with Crippen molar-refractivity contribution in [3.63, 3.8) is 0 Å². The highest BCUT2D eigenvalue weighted by Crippen LogP contribution is 2.32. The number of carbonyl (C=O) groups is 1. The van der Waals surface area contributed by atoms with Gasteiger partial charge >= 0.3 is 5.69 Å². The first-order valence-electron chi connectivity index (χ1n) is 10.3. The number of ether oxygens (including phenoxy) is 2. The number of hydrogen-bond acceptors (Lipinski definition) is 6. The fourth-order valence-corrected chi connectivity index (χ4v) is 3.74. The van der Waals surface area contributed by atoms with Crippen molar-refractivity contribution in [1.29, 1.82) is 0 Å². The molecule has 33 heavy (non-hydrogen) atoms. The summed E-state index contributed by atoms with van der Waals surface area (Å²) in [4.78, 5) is 43.3. The Hall–Kier alpha value is -4.40. The summed E-state index contributed by atoms with van der Waals surface area (Å²) in [5.41, 5.74) is 1.66. The first kappa shape index (κ1) is 20.5. The minimum atomic E-state index is -0.600. The molecule has 0 bridgehead atoms. The van der Waals surface area contributed by atoms with E-state index < -0.39 is 11.2 Å². The molecular formula is C24H20N4O5. The van der Waals surface area contributed by atoms with Crippen LogP contribution in [-0.4, -0.2) is 26.8 Å². The Kier molecular flexibility index (Phi) is 5.14. The number of nitrogens with zero attached hydrogens (tertiary/aromatic N) is 3. The van der Waals surface area contributed by atoms with Gasteiger partial charge in [-0.15, -0.1) is 0 Å². The molecule has 1 aliphatic rings. The van der Waals surface area contributed by atoms with Crippen LogP contribution in [0, 0.1) is 6.92 Å². The first-order valence-corrected chi connectivity index (χ1v) is 10.3. The molecule has 2 aromatic heterocycles. The third-order valence-corrected chi connectivity index (χ3v) is 5.40. The fourth-order valence-electron chi connectivity index (χ4n) is 3.74. The molecule has 1 N–H and O–H groups in total. The summed E-state index contributed by atoms with van der Waals surface area (Å²) in [5, 5.41) is 2.78. The lowest BCUT2D eigenvalue weighted by Crippen LogP contribution is -2.42. The zero-order chi connectivity index (χ0) is 22.9. The van der Waals surface area contributed by atoms with Crippen LogP contribution in [0.2, 0.25) is 0 Å². The maximum absolute atomic E-state index is 13.3. The number of anilines is 1. The van der Waals surface area contributed by atoms with Crippen molar-refractivity contribution in [2.45, 2.75) is 20.0 Å². The topological polar surface area (TPSA) is 104 Å². The van der Waals surface area contributed by atoms with E-state index in [2.05, 4.69) is 10.3 Å². The Balaban J connectivity index is 1.52. The molecule has 1 amide bonds. The maximum Gasteiger partial charge on any atom is 0.332 e. The van der Waals surface area contributed by atoms with Gasteiger partial charge in [0.2, 0.25) is 12.7 Å². The number of aryl methyl sites for hydroxylation is 1. The van der Waals surface area contributed by atoms with Gasteiger partial charge in [0.05, 0.1) is 12.1 Å². The van der Waals surface area contributed by atoms with Crippen LogP contribution in [-0.2, 0) is 17.9 Å². The van der Waals surface area contributed by atoms with Crippen LogP contribution in [0.4, 0.5) is 5.69 Å². The van der Waals surface area contributed by atoms with Crippen LogP contribution in [0.1, 0.15) is 11.1 Å². The summed E-state index contributed by atoms with van der Waals surface area (Å²) in [5.74, 6) is 0.771. The van der Waals surface area contributed by atoms with E-state index in [0.29, 0.717) is 28.3 Å². The minimum Gasteiger partial charge on any atom is -0.454 e. The number of carbonyl (C=O) groups excluding carboxylic acids is 1. The van der Waals surface area contributed by atoms with Gasteiger partial charge in [0.25, 0.3) is 5.56 Å². The van der Waals surface area contributed by atoms with E-state index in [-0.39, 0.29) is 31.3 Å². The number of nitrogens with one attached hydrogen (secondary N) is 1. The molecule has 9 heteroatoms. The standard InChI is InChI=1S/C24H20N4O5/c1-15-4-7-17(8-5-15)26-21(29)13-27-18-3-2-10-25-22(18)23(30)28(24(27)31)12-16-6-9-19-20(11-16)33-14-32-19/h2-11H,12-14H2,1H3,(H,26,29).